The Labute approximate surface area is 98.2 Å². The minimum absolute atomic E-state index is 0.346. The number of nitrogens with one attached hydrogen (secondary N) is 1. The van der Waals surface area contributed by atoms with Gasteiger partial charge in [0.2, 0.25) is 0 Å². The van der Waals surface area contributed by atoms with Gasteiger partial charge in [0.15, 0.2) is 0 Å². The molecule has 90 valence electrons. The van der Waals surface area contributed by atoms with Gasteiger partial charge in [0, 0.05) is 23.7 Å². The zero-order chi connectivity index (χ0) is 11.7. The Hall–Kier alpha value is -0.830. The Kier molecular flexibility index (Phi) is 3.33. The molecule has 1 unspecified atom stereocenters. The molecule has 1 aromatic heterocycles. The SMILES string of the molecule is CNC(C)c1cc(C2CCC2)n(C(C)C)n1. The van der Waals surface area contributed by atoms with E-state index in [0.29, 0.717) is 12.1 Å². The first kappa shape index (κ1) is 11.6. The third-order valence-corrected chi connectivity index (χ3v) is 3.67. The van der Waals surface area contributed by atoms with E-state index in [1.807, 2.05) is 7.05 Å². The van der Waals surface area contributed by atoms with Crippen molar-refractivity contribution in [2.75, 3.05) is 7.05 Å². The van der Waals surface area contributed by atoms with Gasteiger partial charge in [0.05, 0.1) is 5.69 Å². The van der Waals surface area contributed by atoms with Crippen LogP contribution < -0.4 is 5.32 Å². The fourth-order valence-corrected chi connectivity index (χ4v) is 2.21. The number of hydrogen-bond acceptors (Lipinski definition) is 2. The minimum atomic E-state index is 0.346. The average Bonchev–Trinajstić information content (AvgIpc) is 2.58. The van der Waals surface area contributed by atoms with Crippen LogP contribution in [0.1, 0.15) is 69.4 Å². The zero-order valence-corrected chi connectivity index (χ0v) is 10.8. The molecule has 3 nitrogen and oxygen atoms in total. The van der Waals surface area contributed by atoms with Gasteiger partial charge in [-0.25, -0.2) is 0 Å². The fraction of sp³-hybridized carbons (Fsp3) is 0.769. The van der Waals surface area contributed by atoms with E-state index in [-0.39, 0.29) is 0 Å². The predicted molar refractivity (Wildman–Crippen MR) is 66.7 cm³/mol. The van der Waals surface area contributed by atoms with Crippen LogP contribution in [0.15, 0.2) is 6.07 Å². The molecule has 3 heteroatoms. The topological polar surface area (TPSA) is 29.9 Å². The van der Waals surface area contributed by atoms with Crippen molar-refractivity contribution in [2.45, 2.75) is 58.0 Å². The maximum atomic E-state index is 4.74. The third kappa shape index (κ3) is 2.01. The lowest BCUT2D eigenvalue weighted by atomic mass is 9.82. The molecule has 0 spiro atoms. The smallest absolute Gasteiger partial charge is 0.0794 e. The van der Waals surface area contributed by atoms with Gasteiger partial charge in [-0.2, -0.15) is 5.10 Å². The Balaban J connectivity index is 2.29. The molecular formula is C13H23N3. The van der Waals surface area contributed by atoms with Gasteiger partial charge < -0.3 is 5.32 Å². The Morgan fingerprint density at radius 3 is 2.50 bits per heavy atom. The minimum Gasteiger partial charge on any atom is -0.312 e. The molecule has 1 heterocycles. The lowest BCUT2D eigenvalue weighted by Crippen LogP contribution is -2.16. The van der Waals surface area contributed by atoms with Gasteiger partial charge in [-0.05, 0) is 46.7 Å². The molecule has 1 N–H and O–H groups in total. The average molecular weight is 221 g/mol. The van der Waals surface area contributed by atoms with Crippen molar-refractivity contribution < 1.29 is 0 Å². The maximum absolute atomic E-state index is 4.74. The summed E-state index contributed by atoms with van der Waals surface area (Å²) in [4.78, 5) is 0. The van der Waals surface area contributed by atoms with Crippen LogP contribution in [-0.2, 0) is 0 Å². The highest BCUT2D eigenvalue weighted by atomic mass is 15.3. The third-order valence-electron chi connectivity index (χ3n) is 3.67. The van der Waals surface area contributed by atoms with Gasteiger partial charge in [-0.15, -0.1) is 0 Å². The molecule has 1 atom stereocenters. The van der Waals surface area contributed by atoms with Crippen LogP contribution in [0.4, 0.5) is 0 Å². The lowest BCUT2D eigenvalue weighted by Gasteiger charge is -2.27. The molecule has 16 heavy (non-hydrogen) atoms. The molecule has 2 rings (SSSR count). The molecule has 1 fully saturated rings. The molecule has 0 bridgehead atoms. The molecule has 1 saturated carbocycles. The normalized spacial score (nSPS) is 18.8. The summed E-state index contributed by atoms with van der Waals surface area (Å²) < 4.78 is 2.22. The number of nitrogens with zero attached hydrogens (tertiary/aromatic N) is 2. The van der Waals surface area contributed by atoms with Gasteiger partial charge in [-0.3, -0.25) is 4.68 Å². The summed E-state index contributed by atoms with van der Waals surface area (Å²) in [5, 5.41) is 8.00. The highest BCUT2D eigenvalue weighted by Gasteiger charge is 2.25. The van der Waals surface area contributed by atoms with Crippen molar-refractivity contribution in [3.05, 3.63) is 17.5 Å². The Morgan fingerprint density at radius 2 is 2.06 bits per heavy atom. The summed E-state index contributed by atoms with van der Waals surface area (Å²) in [5.41, 5.74) is 2.62. The molecule has 1 aromatic rings. The number of hydrogen-bond donors (Lipinski definition) is 1. The van der Waals surface area contributed by atoms with Crippen molar-refractivity contribution in [3.63, 3.8) is 0 Å². The highest BCUT2D eigenvalue weighted by Crippen LogP contribution is 2.38. The summed E-state index contributed by atoms with van der Waals surface area (Å²) in [6.07, 6.45) is 4.06. The van der Waals surface area contributed by atoms with Gasteiger partial charge >= 0.3 is 0 Å². The molecule has 0 saturated heterocycles. The van der Waals surface area contributed by atoms with E-state index in [0.717, 1.165) is 5.92 Å². The first-order valence-corrected chi connectivity index (χ1v) is 6.40. The van der Waals surface area contributed by atoms with Gasteiger partial charge in [-0.1, -0.05) is 6.42 Å². The van der Waals surface area contributed by atoms with Crippen LogP contribution in [0.25, 0.3) is 0 Å². The van der Waals surface area contributed by atoms with Crippen LogP contribution in [0.5, 0.6) is 0 Å². The second-order valence-corrected chi connectivity index (χ2v) is 5.17. The molecule has 1 aliphatic carbocycles. The zero-order valence-electron chi connectivity index (χ0n) is 10.8. The molecular weight excluding hydrogens is 198 g/mol. The van der Waals surface area contributed by atoms with Crippen LogP contribution in [0, 0.1) is 0 Å². The molecule has 0 amide bonds. The second-order valence-electron chi connectivity index (χ2n) is 5.17. The number of aromatic nitrogens is 2. The van der Waals surface area contributed by atoms with Crippen molar-refractivity contribution in [3.8, 4) is 0 Å². The van der Waals surface area contributed by atoms with Crippen molar-refractivity contribution in [1.29, 1.82) is 0 Å². The van der Waals surface area contributed by atoms with Crippen LogP contribution in [-0.4, -0.2) is 16.8 Å². The van der Waals surface area contributed by atoms with Crippen molar-refractivity contribution >= 4 is 0 Å². The summed E-state index contributed by atoms with van der Waals surface area (Å²) in [7, 11) is 1.99. The second kappa shape index (κ2) is 4.58. The first-order chi connectivity index (χ1) is 7.63. The summed E-state index contributed by atoms with van der Waals surface area (Å²) in [6.45, 7) is 6.59. The van der Waals surface area contributed by atoms with Gasteiger partial charge in [0.1, 0.15) is 0 Å². The fourth-order valence-electron chi connectivity index (χ4n) is 2.21. The first-order valence-electron chi connectivity index (χ1n) is 6.40. The Bertz CT molecular complexity index is 350. The van der Waals surface area contributed by atoms with Crippen molar-refractivity contribution in [1.82, 2.24) is 15.1 Å². The molecule has 1 aliphatic rings. The summed E-state index contributed by atoms with van der Waals surface area (Å²) >= 11 is 0. The molecule has 0 radical (unpaired) electrons. The molecule has 0 aliphatic heterocycles. The maximum Gasteiger partial charge on any atom is 0.0794 e. The van der Waals surface area contributed by atoms with E-state index in [1.165, 1.54) is 30.7 Å². The van der Waals surface area contributed by atoms with Crippen LogP contribution >= 0.6 is 0 Å². The monoisotopic (exact) mass is 221 g/mol. The quantitative estimate of drug-likeness (QED) is 0.847. The molecule has 0 aromatic carbocycles. The van der Waals surface area contributed by atoms with Gasteiger partial charge in [0.25, 0.3) is 0 Å². The van der Waals surface area contributed by atoms with Crippen molar-refractivity contribution in [2.24, 2.45) is 0 Å². The largest absolute Gasteiger partial charge is 0.312 e. The lowest BCUT2D eigenvalue weighted by molar-refractivity contribution is 0.375. The Morgan fingerprint density at radius 1 is 1.38 bits per heavy atom. The summed E-state index contributed by atoms with van der Waals surface area (Å²) in [5.74, 6) is 0.757. The predicted octanol–water partition coefficient (Wildman–Crippen LogP) is 3.01. The standard InChI is InChI=1S/C13H23N3/c1-9(2)16-13(11-6-5-7-11)8-12(15-16)10(3)14-4/h8-11,14H,5-7H2,1-4H3. The van der Waals surface area contributed by atoms with E-state index in [1.54, 1.807) is 0 Å². The van der Waals surface area contributed by atoms with Crippen LogP contribution in [0.3, 0.4) is 0 Å². The van der Waals surface area contributed by atoms with E-state index in [9.17, 15) is 0 Å². The highest BCUT2D eigenvalue weighted by molar-refractivity contribution is 5.19. The van der Waals surface area contributed by atoms with Crippen LogP contribution in [0.2, 0.25) is 0 Å². The van der Waals surface area contributed by atoms with E-state index in [2.05, 4.69) is 36.8 Å². The van der Waals surface area contributed by atoms with E-state index < -0.39 is 0 Å². The van der Waals surface area contributed by atoms with E-state index in [4.69, 9.17) is 5.10 Å². The summed E-state index contributed by atoms with van der Waals surface area (Å²) in [6, 6.07) is 3.11. The van der Waals surface area contributed by atoms with E-state index >= 15 is 0 Å². The number of rotatable bonds is 4.